The molecule has 174 valence electrons. The van der Waals surface area contributed by atoms with Crippen LogP contribution in [-0.4, -0.2) is 48.4 Å². The standard InChI is InChI=1S/C23H24F3N5OS/c1-15-6-3-7-16(2)30(15)20(32)14-33-22-29-28-21(17-8-5-11-27-13-17)31(22)19-10-4-9-18(12-19)23(24,25)26/h4-5,8-13,15-16H,3,6-7,14H2,1-2H3. The molecule has 4 rings (SSSR count). The van der Waals surface area contributed by atoms with Crippen molar-refractivity contribution in [3.8, 4) is 17.1 Å². The molecule has 1 aliphatic rings. The number of hydrogen-bond donors (Lipinski definition) is 0. The lowest BCUT2D eigenvalue weighted by molar-refractivity contribution is -0.137. The van der Waals surface area contributed by atoms with Crippen molar-refractivity contribution >= 4 is 17.7 Å². The van der Waals surface area contributed by atoms with Gasteiger partial charge in [0.2, 0.25) is 5.91 Å². The number of hydrogen-bond acceptors (Lipinski definition) is 5. The van der Waals surface area contributed by atoms with Crippen molar-refractivity contribution in [2.45, 2.75) is 56.5 Å². The summed E-state index contributed by atoms with van der Waals surface area (Å²) in [5, 5.41) is 8.78. The van der Waals surface area contributed by atoms with Crippen LogP contribution in [0.4, 0.5) is 13.2 Å². The second-order valence-electron chi connectivity index (χ2n) is 8.15. The highest BCUT2D eigenvalue weighted by Crippen LogP contribution is 2.33. The van der Waals surface area contributed by atoms with E-state index in [9.17, 15) is 18.0 Å². The summed E-state index contributed by atoms with van der Waals surface area (Å²) in [6, 6.07) is 8.80. The van der Waals surface area contributed by atoms with E-state index in [2.05, 4.69) is 15.2 Å². The maximum atomic E-state index is 13.4. The van der Waals surface area contributed by atoms with Gasteiger partial charge < -0.3 is 4.90 Å². The van der Waals surface area contributed by atoms with Crippen LogP contribution >= 0.6 is 11.8 Å². The maximum Gasteiger partial charge on any atom is 0.416 e. The third-order valence-corrected chi connectivity index (χ3v) is 6.70. The zero-order valence-electron chi connectivity index (χ0n) is 18.3. The minimum atomic E-state index is -4.48. The Labute approximate surface area is 194 Å². The number of rotatable bonds is 5. The number of carbonyl (C=O) groups excluding carboxylic acids is 1. The van der Waals surface area contributed by atoms with E-state index in [1.165, 1.54) is 17.8 Å². The summed E-state index contributed by atoms with van der Waals surface area (Å²) in [6.07, 6.45) is 1.72. The van der Waals surface area contributed by atoms with Crippen molar-refractivity contribution in [2.75, 3.05) is 5.75 Å². The first-order chi connectivity index (χ1) is 15.8. The van der Waals surface area contributed by atoms with E-state index >= 15 is 0 Å². The van der Waals surface area contributed by atoms with Gasteiger partial charge in [0, 0.05) is 30.0 Å². The van der Waals surface area contributed by atoms with E-state index in [4.69, 9.17) is 0 Å². The lowest BCUT2D eigenvalue weighted by atomic mass is 9.98. The van der Waals surface area contributed by atoms with Crippen LogP contribution < -0.4 is 0 Å². The highest BCUT2D eigenvalue weighted by atomic mass is 32.2. The van der Waals surface area contributed by atoms with Crippen molar-refractivity contribution in [2.24, 2.45) is 0 Å². The summed E-state index contributed by atoms with van der Waals surface area (Å²) in [6.45, 7) is 4.09. The molecule has 0 spiro atoms. The van der Waals surface area contributed by atoms with Gasteiger partial charge in [-0.05, 0) is 63.4 Å². The van der Waals surface area contributed by atoms with Gasteiger partial charge in [0.25, 0.3) is 0 Å². The minimum absolute atomic E-state index is 0.0128. The van der Waals surface area contributed by atoms with Crippen LogP contribution in [0.1, 0.15) is 38.7 Å². The lowest BCUT2D eigenvalue weighted by Crippen LogP contribution is -2.48. The molecule has 10 heteroatoms. The Kier molecular flexibility index (Phi) is 6.73. The molecule has 6 nitrogen and oxygen atoms in total. The molecule has 0 radical (unpaired) electrons. The molecule has 3 aromatic rings. The zero-order valence-corrected chi connectivity index (χ0v) is 19.1. The molecule has 0 aliphatic carbocycles. The lowest BCUT2D eigenvalue weighted by Gasteiger charge is -2.39. The third-order valence-electron chi connectivity index (χ3n) is 5.79. The van der Waals surface area contributed by atoms with Crippen molar-refractivity contribution in [1.29, 1.82) is 0 Å². The van der Waals surface area contributed by atoms with Gasteiger partial charge in [0.05, 0.1) is 17.0 Å². The van der Waals surface area contributed by atoms with Gasteiger partial charge >= 0.3 is 6.18 Å². The number of nitrogens with zero attached hydrogens (tertiary/aromatic N) is 5. The van der Waals surface area contributed by atoms with Crippen LogP contribution in [0.2, 0.25) is 0 Å². The SMILES string of the molecule is CC1CCCC(C)N1C(=O)CSc1nnc(-c2cccnc2)n1-c1cccc(C(F)(F)F)c1. The number of piperidine rings is 1. The summed E-state index contributed by atoms with van der Waals surface area (Å²) in [5.41, 5.74) is 0.107. The number of halogens is 3. The van der Waals surface area contributed by atoms with Crippen LogP contribution in [-0.2, 0) is 11.0 Å². The monoisotopic (exact) mass is 475 g/mol. The van der Waals surface area contributed by atoms with Gasteiger partial charge in [-0.15, -0.1) is 10.2 Å². The molecule has 2 unspecified atom stereocenters. The fourth-order valence-corrected chi connectivity index (χ4v) is 5.03. The highest BCUT2D eigenvalue weighted by Gasteiger charge is 2.32. The van der Waals surface area contributed by atoms with Crippen LogP contribution in [0.5, 0.6) is 0 Å². The zero-order chi connectivity index (χ0) is 23.6. The van der Waals surface area contributed by atoms with Crippen molar-refractivity contribution in [3.05, 3.63) is 54.4 Å². The average molecular weight is 476 g/mol. The van der Waals surface area contributed by atoms with E-state index in [1.807, 2.05) is 18.7 Å². The maximum absolute atomic E-state index is 13.4. The van der Waals surface area contributed by atoms with E-state index in [0.29, 0.717) is 16.5 Å². The van der Waals surface area contributed by atoms with Gasteiger partial charge in [-0.2, -0.15) is 13.2 Å². The number of pyridine rings is 1. The number of aromatic nitrogens is 4. The van der Waals surface area contributed by atoms with E-state index < -0.39 is 11.7 Å². The van der Waals surface area contributed by atoms with Gasteiger partial charge in [0.15, 0.2) is 11.0 Å². The largest absolute Gasteiger partial charge is 0.416 e. The first-order valence-corrected chi connectivity index (χ1v) is 11.7. The van der Waals surface area contributed by atoms with Crippen LogP contribution in [0.15, 0.2) is 53.9 Å². The Morgan fingerprint density at radius 3 is 2.55 bits per heavy atom. The van der Waals surface area contributed by atoms with Gasteiger partial charge in [0.1, 0.15) is 0 Å². The molecule has 33 heavy (non-hydrogen) atoms. The average Bonchev–Trinajstić information content (AvgIpc) is 3.22. The second-order valence-corrected chi connectivity index (χ2v) is 9.09. The molecule has 3 heterocycles. The predicted molar refractivity (Wildman–Crippen MR) is 120 cm³/mol. The number of alkyl halides is 3. The molecule has 1 amide bonds. The van der Waals surface area contributed by atoms with Crippen LogP contribution in [0.3, 0.4) is 0 Å². The van der Waals surface area contributed by atoms with Crippen molar-refractivity contribution in [3.63, 3.8) is 0 Å². The molecule has 2 atom stereocenters. The van der Waals surface area contributed by atoms with Crippen LogP contribution in [0, 0.1) is 0 Å². The van der Waals surface area contributed by atoms with E-state index in [-0.39, 0.29) is 29.4 Å². The number of likely N-dealkylation sites (tertiary alicyclic amines) is 1. The smallest absolute Gasteiger partial charge is 0.337 e. The molecule has 2 aromatic heterocycles. The van der Waals surface area contributed by atoms with E-state index in [0.717, 1.165) is 31.4 Å². The Morgan fingerprint density at radius 1 is 1.12 bits per heavy atom. The summed E-state index contributed by atoms with van der Waals surface area (Å²) >= 11 is 1.17. The number of amides is 1. The Balaban J connectivity index is 1.68. The molecular weight excluding hydrogens is 451 g/mol. The molecule has 0 N–H and O–H groups in total. The van der Waals surface area contributed by atoms with Gasteiger partial charge in [-0.25, -0.2) is 0 Å². The Morgan fingerprint density at radius 2 is 1.88 bits per heavy atom. The van der Waals surface area contributed by atoms with Gasteiger partial charge in [-0.1, -0.05) is 17.8 Å². The highest BCUT2D eigenvalue weighted by molar-refractivity contribution is 7.99. The molecule has 1 aromatic carbocycles. The number of benzene rings is 1. The van der Waals surface area contributed by atoms with E-state index in [1.54, 1.807) is 35.2 Å². The molecule has 0 bridgehead atoms. The molecule has 0 saturated carbocycles. The fraction of sp³-hybridized carbons (Fsp3) is 0.391. The van der Waals surface area contributed by atoms with Gasteiger partial charge in [-0.3, -0.25) is 14.3 Å². The summed E-state index contributed by atoms with van der Waals surface area (Å²) in [7, 11) is 0. The molecule has 1 saturated heterocycles. The first kappa shape index (κ1) is 23.3. The third kappa shape index (κ3) is 5.05. The Bertz CT molecular complexity index is 1110. The molecule has 1 aliphatic heterocycles. The normalized spacial score (nSPS) is 19.0. The molecule has 1 fully saturated rings. The summed E-state index contributed by atoms with van der Waals surface area (Å²) < 4.78 is 41.6. The molecular formula is C23H24F3N5OS. The first-order valence-electron chi connectivity index (χ1n) is 10.7. The van der Waals surface area contributed by atoms with Crippen molar-refractivity contribution < 1.29 is 18.0 Å². The number of thioether (sulfide) groups is 1. The predicted octanol–water partition coefficient (Wildman–Crippen LogP) is 5.23. The quantitative estimate of drug-likeness (QED) is 0.473. The minimum Gasteiger partial charge on any atom is -0.337 e. The second kappa shape index (κ2) is 9.54. The summed E-state index contributed by atoms with van der Waals surface area (Å²) in [5.74, 6) is 0.469. The Hall–Kier alpha value is -2.88. The van der Waals surface area contributed by atoms with Crippen LogP contribution in [0.25, 0.3) is 17.1 Å². The summed E-state index contributed by atoms with van der Waals surface area (Å²) in [4.78, 5) is 19.0. The topological polar surface area (TPSA) is 63.9 Å². The fourth-order valence-electron chi connectivity index (χ4n) is 4.21. The number of carbonyl (C=O) groups is 1. The van der Waals surface area contributed by atoms with Crippen molar-refractivity contribution in [1.82, 2.24) is 24.6 Å².